The van der Waals surface area contributed by atoms with E-state index in [0.717, 1.165) is 46.2 Å². The van der Waals surface area contributed by atoms with Crippen molar-refractivity contribution in [3.63, 3.8) is 0 Å². The Labute approximate surface area is 222 Å². The highest BCUT2D eigenvalue weighted by Gasteiger charge is 2.30. The first-order valence-electron chi connectivity index (χ1n) is 10.9. The van der Waals surface area contributed by atoms with Gasteiger partial charge >= 0.3 is 6.18 Å². The van der Waals surface area contributed by atoms with Crippen LogP contribution in [0.25, 0.3) is 16.9 Å². The fourth-order valence-corrected chi connectivity index (χ4v) is 5.68. The van der Waals surface area contributed by atoms with Crippen LogP contribution in [0.2, 0.25) is 0 Å². The molecule has 0 aliphatic rings. The number of sulfonamides is 1. The smallest absolute Gasteiger partial charge is 0.277 e. The summed E-state index contributed by atoms with van der Waals surface area (Å²) in [4.78, 5) is 8.49. The first-order chi connectivity index (χ1) is 18.5. The number of rotatable bonds is 5. The Kier molecular flexibility index (Phi) is 6.79. The van der Waals surface area contributed by atoms with E-state index >= 15 is 0 Å². The van der Waals surface area contributed by atoms with Gasteiger partial charge in [0.15, 0.2) is 5.65 Å². The van der Waals surface area contributed by atoms with Crippen LogP contribution < -0.4 is 4.72 Å². The molecule has 7 nitrogen and oxygen atoms in total. The summed E-state index contributed by atoms with van der Waals surface area (Å²) in [7, 11) is -3.87. The lowest BCUT2D eigenvalue weighted by Crippen LogP contribution is -2.11. The molecule has 4 heterocycles. The number of hydrogen-bond donors (Lipinski definition) is 1. The first kappa shape index (κ1) is 26.3. The van der Waals surface area contributed by atoms with E-state index < -0.39 is 33.9 Å². The highest BCUT2D eigenvalue weighted by molar-refractivity contribution is 7.94. The molecule has 0 spiro atoms. The number of aromatic nitrogens is 4. The zero-order chi connectivity index (χ0) is 27.8. The Morgan fingerprint density at radius 2 is 1.77 bits per heavy atom. The van der Waals surface area contributed by atoms with E-state index in [0.29, 0.717) is 10.6 Å². The summed E-state index contributed by atoms with van der Waals surface area (Å²) in [5.74, 6) is 5.47. The van der Waals surface area contributed by atoms with Gasteiger partial charge in [0.1, 0.15) is 15.6 Å². The van der Waals surface area contributed by atoms with Gasteiger partial charge in [-0.05, 0) is 54.3 Å². The third kappa shape index (κ3) is 5.74. The van der Waals surface area contributed by atoms with Crippen molar-refractivity contribution in [3.05, 3.63) is 94.9 Å². The Morgan fingerprint density at radius 3 is 2.44 bits per heavy atom. The Bertz CT molecular complexity index is 1820. The summed E-state index contributed by atoms with van der Waals surface area (Å²) < 4.78 is 94.7. The van der Waals surface area contributed by atoms with Crippen molar-refractivity contribution in [2.75, 3.05) is 4.72 Å². The zero-order valence-electron chi connectivity index (χ0n) is 19.3. The molecule has 0 amide bonds. The Morgan fingerprint density at radius 1 is 1.00 bits per heavy atom. The van der Waals surface area contributed by atoms with E-state index in [-0.39, 0.29) is 26.8 Å². The van der Waals surface area contributed by atoms with Crippen LogP contribution in [-0.2, 0) is 16.2 Å². The van der Waals surface area contributed by atoms with E-state index in [2.05, 4.69) is 31.6 Å². The van der Waals surface area contributed by atoms with Crippen LogP contribution in [0.1, 0.15) is 28.3 Å². The van der Waals surface area contributed by atoms with Crippen molar-refractivity contribution in [1.82, 2.24) is 19.6 Å². The van der Waals surface area contributed by atoms with Crippen LogP contribution in [0.15, 0.2) is 77.3 Å². The monoisotopic (exact) mass is 575 g/mol. The van der Waals surface area contributed by atoms with Gasteiger partial charge in [-0.1, -0.05) is 12.1 Å². The maximum Gasteiger partial charge on any atom is 0.416 e. The first-order valence-corrected chi connectivity index (χ1v) is 13.2. The van der Waals surface area contributed by atoms with Crippen LogP contribution >= 0.6 is 11.3 Å². The van der Waals surface area contributed by atoms with Crippen LogP contribution in [0.4, 0.5) is 27.6 Å². The minimum atomic E-state index is -4.54. The van der Waals surface area contributed by atoms with E-state index in [9.17, 15) is 30.4 Å². The number of alkyl halides is 5. The lowest BCUT2D eigenvalue weighted by Gasteiger charge is -2.09. The van der Waals surface area contributed by atoms with Crippen molar-refractivity contribution >= 4 is 32.7 Å². The summed E-state index contributed by atoms with van der Waals surface area (Å²) in [5.41, 5.74) is -0.744. The molecule has 0 aliphatic carbocycles. The molecule has 0 radical (unpaired) electrons. The number of anilines is 1. The quantitative estimate of drug-likeness (QED) is 0.205. The van der Waals surface area contributed by atoms with Gasteiger partial charge in [-0.15, -0.1) is 11.3 Å². The van der Waals surface area contributed by atoms with Gasteiger partial charge in [-0.25, -0.2) is 26.7 Å². The number of halogens is 5. The number of pyridine rings is 1. The van der Waals surface area contributed by atoms with Crippen LogP contribution in [-0.4, -0.2) is 28.0 Å². The normalized spacial score (nSPS) is 11.9. The maximum absolute atomic E-state index is 13.8. The Balaban J connectivity index is 1.43. The lowest BCUT2D eigenvalue weighted by atomic mass is 10.1. The molecule has 0 bridgehead atoms. The second-order valence-corrected chi connectivity index (χ2v) is 11.0. The summed E-state index contributed by atoms with van der Waals surface area (Å²) in [6.45, 7) is 0. The minimum absolute atomic E-state index is 0.00786. The molecule has 5 aromatic rings. The number of nitrogens with zero attached hydrogens (tertiary/aromatic N) is 4. The lowest BCUT2D eigenvalue weighted by molar-refractivity contribution is -0.137. The molecule has 39 heavy (non-hydrogen) atoms. The van der Waals surface area contributed by atoms with Crippen molar-refractivity contribution in [1.29, 1.82) is 0 Å². The molecule has 0 unspecified atom stereocenters. The molecule has 0 saturated carbocycles. The number of thiophene rings is 1. The molecule has 4 aromatic heterocycles. The number of hydrogen-bond acceptors (Lipinski definition) is 6. The van der Waals surface area contributed by atoms with E-state index in [1.54, 1.807) is 12.1 Å². The second-order valence-electron chi connectivity index (χ2n) is 7.96. The number of nitrogens with one attached hydrogen (secondary N) is 1. The van der Waals surface area contributed by atoms with Crippen molar-refractivity contribution in [3.8, 4) is 23.1 Å². The SMILES string of the molecule is O=S(=O)(Nc1cccnc1)c1ccc(C#Cc2cc3nc(-c4ccc(C(F)(F)F)cc4)cc(C(F)F)n3n2)s1. The Hall–Kier alpha value is -4.35. The maximum atomic E-state index is 13.8. The van der Waals surface area contributed by atoms with Crippen molar-refractivity contribution in [2.45, 2.75) is 16.8 Å². The molecule has 0 saturated heterocycles. The molecule has 14 heteroatoms. The van der Waals surface area contributed by atoms with E-state index in [1.165, 1.54) is 30.6 Å². The molecule has 0 atom stereocenters. The van der Waals surface area contributed by atoms with Crippen LogP contribution in [0, 0.1) is 11.8 Å². The van der Waals surface area contributed by atoms with Gasteiger partial charge in [0.2, 0.25) is 0 Å². The van der Waals surface area contributed by atoms with E-state index in [4.69, 9.17) is 0 Å². The third-order valence-corrected chi connectivity index (χ3v) is 8.13. The predicted molar refractivity (Wildman–Crippen MR) is 134 cm³/mol. The molecule has 0 aliphatic heterocycles. The molecular formula is C25H14F5N5O2S2. The summed E-state index contributed by atoms with van der Waals surface area (Å²) in [5, 5.41) is 4.06. The molecule has 1 aromatic carbocycles. The average Bonchev–Trinajstić information content (AvgIpc) is 3.54. The van der Waals surface area contributed by atoms with Crippen molar-refractivity contribution < 1.29 is 30.4 Å². The average molecular weight is 576 g/mol. The predicted octanol–water partition coefficient (Wildman–Crippen LogP) is 6.01. The van der Waals surface area contributed by atoms with Crippen LogP contribution in [0.3, 0.4) is 0 Å². The summed E-state index contributed by atoms with van der Waals surface area (Å²) in [6.07, 6.45) is -4.63. The number of benzene rings is 1. The van der Waals surface area contributed by atoms with Crippen molar-refractivity contribution in [2.24, 2.45) is 0 Å². The van der Waals surface area contributed by atoms with Gasteiger partial charge in [-0.2, -0.15) is 18.3 Å². The second kappa shape index (κ2) is 10.1. The summed E-state index contributed by atoms with van der Waals surface area (Å²) >= 11 is 0.901. The summed E-state index contributed by atoms with van der Waals surface area (Å²) in [6, 6.07) is 12.4. The molecule has 1 N–H and O–H groups in total. The molecule has 198 valence electrons. The zero-order valence-corrected chi connectivity index (χ0v) is 21.0. The molecule has 5 rings (SSSR count). The fraction of sp³-hybridized carbons (Fsp3) is 0.0800. The highest BCUT2D eigenvalue weighted by Crippen LogP contribution is 2.32. The largest absolute Gasteiger partial charge is 0.416 e. The minimum Gasteiger partial charge on any atom is -0.277 e. The molecular weight excluding hydrogens is 561 g/mol. The number of fused-ring (bicyclic) bond motifs is 1. The molecule has 0 fully saturated rings. The topological polar surface area (TPSA) is 89.2 Å². The van der Waals surface area contributed by atoms with Gasteiger partial charge in [-0.3, -0.25) is 9.71 Å². The van der Waals surface area contributed by atoms with Gasteiger partial charge in [0, 0.05) is 17.8 Å². The van der Waals surface area contributed by atoms with Crippen LogP contribution in [0.5, 0.6) is 0 Å². The highest BCUT2D eigenvalue weighted by atomic mass is 32.2. The fourth-order valence-electron chi connectivity index (χ4n) is 3.48. The third-order valence-electron chi connectivity index (χ3n) is 5.26. The van der Waals surface area contributed by atoms with Gasteiger partial charge in [0.05, 0.1) is 28.0 Å². The van der Waals surface area contributed by atoms with Gasteiger partial charge < -0.3 is 0 Å². The van der Waals surface area contributed by atoms with Gasteiger partial charge in [0.25, 0.3) is 16.4 Å². The van der Waals surface area contributed by atoms with E-state index in [1.807, 2.05) is 0 Å². The standard InChI is InChI=1S/C25H14F5N5O2S2/c26-24(27)21-13-20(15-3-5-16(6-4-15)25(28,29)30)32-22-12-17(33-35(21)22)7-8-19-9-10-23(38-19)39(36,37)34-18-2-1-11-31-14-18/h1-6,9-14,24,34H.